The van der Waals surface area contributed by atoms with E-state index < -0.39 is 0 Å². The molecule has 0 aliphatic heterocycles. The van der Waals surface area contributed by atoms with Crippen LogP contribution in [0, 0.1) is 0 Å². The van der Waals surface area contributed by atoms with E-state index in [1.54, 1.807) is 0 Å². The molecule has 2 radical (unpaired) electrons. The molecule has 0 atom stereocenters. The molecular formula is BiI7K-3. The van der Waals surface area contributed by atoms with Crippen LogP contribution in [0.5, 0.6) is 0 Å². The van der Waals surface area contributed by atoms with Gasteiger partial charge in [0, 0.05) is 0 Å². The Kier molecular flexibility index (Phi) is 446. The second-order valence-electron chi connectivity index (χ2n) is 0. The van der Waals surface area contributed by atoms with E-state index in [0.717, 1.165) is 0 Å². The van der Waals surface area contributed by atoms with Crippen molar-refractivity contribution in [3.63, 3.8) is 0 Å². The first kappa shape index (κ1) is 69.8. The Hall–Kier alpha value is 7.63. The van der Waals surface area contributed by atoms with Crippen molar-refractivity contribution in [2.75, 3.05) is 0 Å². The Labute approximate surface area is 238 Å². The van der Waals surface area contributed by atoms with Crippen LogP contribution in [0.4, 0.5) is 0 Å². The van der Waals surface area contributed by atoms with Gasteiger partial charge < -0.3 is 168 Å². The molecule has 0 nitrogen and oxygen atoms in total. The van der Waals surface area contributed by atoms with Crippen molar-refractivity contribution in [2.24, 2.45) is 0 Å². The minimum absolute atomic E-state index is 0. The molecule has 0 spiro atoms. The maximum Gasteiger partial charge on any atom is 3.00 e. The Morgan fingerprint density at radius 2 is 0.333 bits per heavy atom. The monoisotopic (exact) mass is 1140 g/mol. The van der Waals surface area contributed by atoms with Gasteiger partial charge in [-0.05, 0) is 0 Å². The zero-order valence-electron chi connectivity index (χ0n) is 4.09. The smallest absolute Gasteiger partial charge is 1.00 e. The predicted molar refractivity (Wildman–Crippen MR) is 5.75 cm³/mol. The zero-order chi connectivity index (χ0) is 0. The van der Waals surface area contributed by atoms with Gasteiger partial charge in [0.2, 0.25) is 0 Å². The van der Waals surface area contributed by atoms with Crippen LogP contribution >= 0.6 is 0 Å². The fourth-order valence-electron chi connectivity index (χ4n) is 0. The van der Waals surface area contributed by atoms with Gasteiger partial charge in [-0.1, -0.05) is 0 Å². The van der Waals surface area contributed by atoms with Gasteiger partial charge >= 0.3 is 77.6 Å². The summed E-state index contributed by atoms with van der Waals surface area (Å²) in [6.07, 6.45) is 0. The van der Waals surface area contributed by atoms with Crippen molar-refractivity contribution in [1.82, 2.24) is 0 Å². The van der Waals surface area contributed by atoms with Crippen LogP contribution in [0.15, 0.2) is 0 Å². The molecule has 0 aliphatic rings. The summed E-state index contributed by atoms with van der Waals surface area (Å²) in [5.74, 6) is 0. The maximum absolute atomic E-state index is 0. The van der Waals surface area contributed by atoms with Crippen LogP contribution in [0.2, 0.25) is 0 Å². The molecule has 0 aromatic rings. The molecule has 0 saturated carbocycles. The van der Waals surface area contributed by atoms with Crippen LogP contribution < -0.4 is 219 Å². The second-order valence-corrected chi connectivity index (χ2v) is 0. The third-order valence-corrected chi connectivity index (χ3v) is 0. The molecule has 0 aromatic carbocycles. The van der Waals surface area contributed by atoms with Crippen LogP contribution in [0.1, 0.15) is 0 Å². The fraction of sp³-hybridized carbons (Fsp3) is 0. The zero-order valence-corrected chi connectivity index (χ0v) is 25.8. The fourth-order valence-corrected chi connectivity index (χ4v) is 0. The van der Waals surface area contributed by atoms with Crippen LogP contribution in [0.25, 0.3) is 0 Å². The molecule has 9 heteroatoms. The maximum atomic E-state index is 0. The van der Waals surface area contributed by atoms with Crippen molar-refractivity contribution in [2.45, 2.75) is 0 Å². The molecule has 0 rings (SSSR count). The van der Waals surface area contributed by atoms with Gasteiger partial charge in [0.1, 0.15) is 0 Å². The molecule has 0 aromatic heterocycles. The van der Waals surface area contributed by atoms with Gasteiger partial charge in [0.05, 0.1) is 0 Å². The number of hydrogen-bond acceptors (Lipinski definition) is 0. The van der Waals surface area contributed by atoms with Gasteiger partial charge in [0.15, 0.2) is 0 Å². The van der Waals surface area contributed by atoms with Crippen LogP contribution in [-0.2, 0) is 0 Å². The summed E-state index contributed by atoms with van der Waals surface area (Å²) in [6.45, 7) is 0. The van der Waals surface area contributed by atoms with Gasteiger partial charge in [-0.3, -0.25) is 0 Å². The standard InChI is InChI=1S/Bi.7HI.K/h;7*1H;/q+3;;;;;;;;+1/p-7. The first-order chi connectivity index (χ1) is 0. The van der Waals surface area contributed by atoms with Gasteiger partial charge in [0.25, 0.3) is 0 Å². The molecule has 0 heterocycles. The molecule has 0 fully saturated rings. The summed E-state index contributed by atoms with van der Waals surface area (Å²) in [5.41, 5.74) is 0. The van der Waals surface area contributed by atoms with E-state index in [2.05, 4.69) is 0 Å². The quantitative estimate of drug-likeness (QED) is 0.168. The summed E-state index contributed by atoms with van der Waals surface area (Å²) >= 11 is 0. The average molecular weight is 1140 g/mol. The van der Waals surface area contributed by atoms with Crippen molar-refractivity contribution in [3.8, 4) is 0 Å². The first-order valence-corrected chi connectivity index (χ1v) is 0. The number of halogens is 7. The summed E-state index contributed by atoms with van der Waals surface area (Å²) in [6, 6.07) is 0. The van der Waals surface area contributed by atoms with E-state index in [1.807, 2.05) is 0 Å². The molecule has 0 saturated heterocycles. The van der Waals surface area contributed by atoms with Crippen molar-refractivity contribution < 1.29 is 219 Å². The topological polar surface area (TPSA) is 0 Å². The summed E-state index contributed by atoms with van der Waals surface area (Å²) in [5, 5.41) is 0. The predicted octanol–water partition coefficient (Wildman–Crippen LogP) is -24.3. The van der Waals surface area contributed by atoms with E-state index in [0.29, 0.717) is 0 Å². The molecule has 0 amide bonds. The van der Waals surface area contributed by atoms with Gasteiger partial charge in [-0.2, -0.15) is 0 Å². The van der Waals surface area contributed by atoms with Crippen molar-refractivity contribution in [1.29, 1.82) is 0 Å². The molecule has 0 bridgehead atoms. The molecular weight excluding hydrogens is 1140 g/mol. The average Bonchev–Trinajstić information content (AvgIpc) is 0. The second kappa shape index (κ2) is 57.5. The molecule has 9 heavy (non-hydrogen) atoms. The Bertz CT molecular complexity index is 8.88. The molecule has 0 unspecified atom stereocenters. The van der Waals surface area contributed by atoms with Gasteiger partial charge in [-0.25, -0.2) is 0 Å². The van der Waals surface area contributed by atoms with Crippen molar-refractivity contribution in [3.05, 3.63) is 0 Å². The minimum Gasteiger partial charge on any atom is -1.00 e. The van der Waals surface area contributed by atoms with E-state index >= 15 is 0 Å². The number of rotatable bonds is 0. The molecule has 0 aliphatic carbocycles. The minimum atomic E-state index is 0. The van der Waals surface area contributed by atoms with Gasteiger partial charge in [-0.15, -0.1) is 0 Å². The third-order valence-electron chi connectivity index (χ3n) is 0. The van der Waals surface area contributed by atoms with E-state index in [9.17, 15) is 0 Å². The largest absolute Gasteiger partial charge is 3.00 e. The summed E-state index contributed by atoms with van der Waals surface area (Å²) in [4.78, 5) is 0. The first-order valence-electron chi connectivity index (χ1n) is 0. The Morgan fingerprint density at radius 3 is 0.333 bits per heavy atom. The number of hydrogen-bond donors (Lipinski definition) is 0. The van der Waals surface area contributed by atoms with E-state index in [4.69, 9.17) is 0 Å². The third kappa shape index (κ3) is 49.9. The SMILES string of the molecule is [Bi+3].[I-].[I-].[I-].[I-].[I-].[I-].[I-].[K+]. The van der Waals surface area contributed by atoms with Crippen LogP contribution in [0.3, 0.4) is 0 Å². The van der Waals surface area contributed by atoms with Crippen LogP contribution in [-0.4, -0.2) is 26.2 Å². The normalized spacial score (nSPS) is 0. The molecule has 58 valence electrons. The van der Waals surface area contributed by atoms with E-state index in [-0.39, 0.29) is 245 Å². The van der Waals surface area contributed by atoms with Crippen molar-refractivity contribution >= 4 is 26.2 Å². The van der Waals surface area contributed by atoms with E-state index in [1.165, 1.54) is 0 Å². The Morgan fingerprint density at radius 1 is 0.333 bits per heavy atom. The summed E-state index contributed by atoms with van der Waals surface area (Å²) in [7, 11) is 0. The molecule has 0 N–H and O–H groups in total. The summed E-state index contributed by atoms with van der Waals surface area (Å²) < 4.78 is 0. The Balaban J connectivity index is 0.